The Kier molecular flexibility index (Phi) is 3.28. The first-order valence-electron chi connectivity index (χ1n) is 5.54. The van der Waals surface area contributed by atoms with E-state index >= 15 is 0 Å². The highest BCUT2D eigenvalue weighted by atomic mass is 16.5. The highest BCUT2D eigenvalue weighted by Gasteiger charge is 2.32. The maximum Gasteiger partial charge on any atom is 0.257 e. The van der Waals surface area contributed by atoms with Gasteiger partial charge in [-0.05, 0) is 25.5 Å². The van der Waals surface area contributed by atoms with E-state index in [1.54, 1.807) is 18.3 Å². The van der Waals surface area contributed by atoms with Crippen molar-refractivity contribution in [1.82, 2.24) is 10.3 Å². The third kappa shape index (κ3) is 2.55. The van der Waals surface area contributed by atoms with Crippen molar-refractivity contribution in [3.05, 3.63) is 23.9 Å². The fourth-order valence-electron chi connectivity index (χ4n) is 1.83. The summed E-state index contributed by atoms with van der Waals surface area (Å²) < 4.78 is 10.4. The molecule has 1 amide bonds. The molecule has 0 aliphatic carbocycles. The highest BCUT2D eigenvalue weighted by Crippen LogP contribution is 2.20. The molecule has 1 fully saturated rings. The molecular formula is C12H16N2O3. The van der Waals surface area contributed by atoms with Crippen LogP contribution in [-0.2, 0) is 4.74 Å². The summed E-state index contributed by atoms with van der Waals surface area (Å²) in [6, 6.07) is 3.41. The lowest BCUT2D eigenvalue weighted by Crippen LogP contribution is -2.46. The molecule has 0 radical (unpaired) electrons. The average molecular weight is 236 g/mol. The largest absolute Gasteiger partial charge is 0.480 e. The minimum absolute atomic E-state index is 0.178. The number of methoxy groups -OCH3 is 1. The molecule has 1 aliphatic rings. The van der Waals surface area contributed by atoms with Crippen LogP contribution in [0.15, 0.2) is 18.3 Å². The Balaban J connectivity index is 2.14. The molecule has 2 heterocycles. The fraction of sp³-hybridized carbons (Fsp3) is 0.500. The summed E-state index contributed by atoms with van der Waals surface area (Å²) >= 11 is 0. The minimum atomic E-state index is -0.294. The smallest absolute Gasteiger partial charge is 0.257 e. The quantitative estimate of drug-likeness (QED) is 0.850. The Morgan fingerprint density at radius 1 is 1.65 bits per heavy atom. The lowest BCUT2D eigenvalue weighted by molar-refractivity contribution is 0.0886. The summed E-state index contributed by atoms with van der Waals surface area (Å²) in [6.45, 7) is 3.20. The Labute approximate surface area is 100 Å². The van der Waals surface area contributed by atoms with Crippen molar-refractivity contribution in [3.63, 3.8) is 0 Å². The van der Waals surface area contributed by atoms with Crippen molar-refractivity contribution >= 4 is 5.91 Å². The van der Waals surface area contributed by atoms with Crippen molar-refractivity contribution in [3.8, 4) is 5.88 Å². The van der Waals surface area contributed by atoms with Gasteiger partial charge in [-0.2, -0.15) is 0 Å². The van der Waals surface area contributed by atoms with Gasteiger partial charge in [0.1, 0.15) is 5.56 Å². The van der Waals surface area contributed by atoms with Gasteiger partial charge in [0.05, 0.1) is 19.3 Å². The van der Waals surface area contributed by atoms with Gasteiger partial charge in [0.2, 0.25) is 5.88 Å². The summed E-state index contributed by atoms with van der Waals surface area (Å²) in [4.78, 5) is 16.1. The van der Waals surface area contributed by atoms with Crippen molar-refractivity contribution in [1.29, 1.82) is 0 Å². The van der Waals surface area contributed by atoms with E-state index in [2.05, 4.69) is 10.3 Å². The Morgan fingerprint density at radius 3 is 3.12 bits per heavy atom. The third-order valence-electron chi connectivity index (χ3n) is 2.84. The Hall–Kier alpha value is -1.62. The van der Waals surface area contributed by atoms with Gasteiger partial charge in [0.15, 0.2) is 0 Å². The van der Waals surface area contributed by atoms with Gasteiger partial charge in [0.25, 0.3) is 5.91 Å². The number of nitrogens with zero attached hydrogens (tertiary/aromatic N) is 1. The van der Waals surface area contributed by atoms with E-state index in [-0.39, 0.29) is 11.4 Å². The minimum Gasteiger partial charge on any atom is -0.480 e. The van der Waals surface area contributed by atoms with E-state index in [0.29, 0.717) is 24.7 Å². The molecule has 17 heavy (non-hydrogen) atoms. The van der Waals surface area contributed by atoms with Crippen LogP contribution in [0.5, 0.6) is 5.88 Å². The van der Waals surface area contributed by atoms with Crippen LogP contribution >= 0.6 is 0 Å². The third-order valence-corrected chi connectivity index (χ3v) is 2.84. The summed E-state index contributed by atoms with van der Waals surface area (Å²) in [7, 11) is 1.50. The van der Waals surface area contributed by atoms with E-state index in [0.717, 1.165) is 6.42 Å². The molecule has 1 unspecified atom stereocenters. The summed E-state index contributed by atoms with van der Waals surface area (Å²) in [5.41, 5.74) is 0.154. The van der Waals surface area contributed by atoms with E-state index in [9.17, 15) is 4.79 Å². The average Bonchev–Trinajstić information content (AvgIpc) is 2.75. The summed E-state index contributed by atoms with van der Waals surface area (Å²) in [5, 5.41) is 2.96. The standard InChI is InChI=1S/C12H16N2O3/c1-12(5-7-17-8-12)14-10(15)9-4-3-6-13-11(9)16-2/h3-4,6H,5,7-8H2,1-2H3,(H,14,15). The zero-order valence-electron chi connectivity index (χ0n) is 10.0. The zero-order chi connectivity index (χ0) is 12.3. The first-order chi connectivity index (χ1) is 8.14. The lowest BCUT2D eigenvalue weighted by atomic mass is 10.0. The van der Waals surface area contributed by atoms with Crippen molar-refractivity contribution < 1.29 is 14.3 Å². The first kappa shape index (κ1) is 11.9. The number of amides is 1. The SMILES string of the molecule is COc1ncccc1C(=O)NC1(C)CCOC1. The molecule has 1 atom stereocenters. The van der Waals surface area contributed by atoms with Gasteiger partial charge in [-0.25, -0.2) is 4.98 Å². The van der Waals surface area contributed by atoms with Gasteiger partial charge < -0.3 is 14.8 Å². The fourth-order valence-corrected chi connectivity index (χ4v) is 1.83. The number of hydrogen-bond acceptors (Lipinski definition) is 4. The number of rotatable bonds is 3. The second kappa shape index (κ2) is 4.71. The molecule has 92 valence electrons. The highest BCUT2D eigenvalue weighted by molar-refractivity contribution is 5.96. The van der Waals surface area contributed by atoms with E-state index in [1.807, 2.05) is 6.92 Å². The molecular weight excluding hydrogens is 220 g/mol. The van der Waals surface area contributed by atoms with Crippen molar-refractivity contribution in [2.45, 2.75) is 18.9 Å². The summed E-state index contributed by atoms with van der Waals surface area (Å²) in [6.07, 6.45) is 2.41. The molecule has 5 heteroatoms. The molecule has 5 nitrogen and oxygen atoms in total. The van der Waals surface area contributed by atoms with Crippen molar-refractivity contribution in [2.75, 3.05) is 20.3 Å². The summed E-state index contributed by atoms with van der Waals surface area (Å²) in [5.74, 6) is 0.162. The van der Waals surface area contributed by atoms with Crippen LogP contribution in [0.4, 0.5) is 0 Å². The molecule has 0 saturated carbocycles. The topological polar surface area (TPSA) is 60.5 Å². The predicted molar refractivity (Wildman–Crippen MR) is 62.1 cm³/mol. The number of carbonyl (C=O) groups excluding carboxylic acids is 1. The molecule has 2 rings (SSSR count). The maximum absolute atomic E-state index is 12.1. The second-order valence-electron chi connectivity index (χ2n) is 4.38. The molecule has 0 spiro atoms. The zero-order valence-corrected chi connectivity index (χ0v) is 10.0. The van der Waals surface area contributed by atoms with Crippen LogP contribution in [0.1, 0.15) is 23.7 Å². The monoisotopic (exact) mass is 236 g/mol. The number of nitrogens with one attached hydrogen (secondary N) is 1. The number of ether oxygens (including phenoxy) is 2. The number of carbonyl (C=O) groups is 1. The van der Waals surface area contributed by atoms with Gasteiger partial charge in [-0.3, -0.25) is 4.79 Å². The second-order valence-corrected chi connectivity index (χ2v) is 4.38. The van der Waals surface area contributed by atoms with E-state index in [1.165, 1.54) is 7.11 Å². The van der Waals surface area contributed by atoms with Gasteiger partial charge in [-0.15, -0.1) is 0 Å². The van der Waals surface area contributed by atoms with Crippen LogP contribution < -0.4 is 10.1 Å². The molecule has 1 aliphatic heterocycles. The Morgan fingerprint density at radius 2 is 2.47 bits per heavy atom. The van der Waals surface area contributed by atoms with Crippen molar-refractivity contribution in [2.24, 2.45) is 0 Å². The van der Waals surface area contributed by atoms with Crippen LogP contribution in [-0.4, -0.2) is 36.8 Å². The van der Waals surface area contributed by atoms with Crippen LogP contribution in [0.2, 0.25) is 0 Å². The van der Waals surface area contributed by atoms with Crippen LogP contribution in [0.25, 0.3) is 0 Å². The predicted octanol–water partition coefficient (Wildman–Crippen LogP) is 0.999. The molecule has 1 N–H and O–H groups in total. The maximum atomic E-state index is 12.1. The van der Waals surface area contributed by atoms with Crippen LogP contribution in [0, 0.1) is 0 Å². The lowest BCUT2D eigenvalue weighted by Gasteiger charge is -2.23. The molecule has 1 saturated heterocycles. The van der Waals surface area contributed by atoms with E-state index in [4.69, 9.17) is 9.47 Å². The molecule has 0 bridgehead atoms. The van der Waals surface area contributed by atoms with E-state index < -0.39 is 0 Å². The van der Waals surface area contributed by atoms with Gasteiger partial charge in [-0.1, -0.05) is 0 Å². The molecule has 1 aromatic heterocycles. The normalized spacial score (nSPS) is 23.4. The van der Waals surface area contributed by atoms with Gasteiger partial charge in [0, 0.05) is 12.8 Å². The van der Waals surface area contributed by atoms with Crippen LogP contribution in [0.3, 0.4) is 0 Å². The van der Waals surface area contributed by atoms with Gasteiger partial charge >= 0.3 is 0 Å². The number of pyridine rings is 1. The number of hydrogen-bond donors (Lipinski definition) is 1. The Bertz CT molecular complexity index is 414. The molecule has 1 aromatic rings. The first-order valence-corrected chi connectivity index (χ1v) is 5.54. The number of aromatic nitrogens is 1. The molecule has 0 aromatic carbocycles.